The molecule has 1 saturated heterocycles. The lowest BCUT2D eigenvalue weighted by Gasteiger charge is -2.12. The smallest absolute Gasteiger partial charge is 0.216 e. The second-order valence-electron chi connectivity index (χ2n) is 2.92. The highest BCUT2D eigenvalue weighted by molar-refractivity contribution is 5.72. The fourth-order valence-corrected chi connectivity index (χ4v) is 1.20. The van der Waals surface area contributed by atoms with E-state index in [0.717, 1.165) is 6.54 Å². The first-order valence-electron chi connectivity index (χ1n) is 3.83. The van der Waals surface area contributed by atoms with Gasteiger partial charge in [-0.15, -0.1) is 0 Å². The van der Waals surface area contributed by atoms with E-state index < -0.39 is 0 Å². The standard InChI is InChI=1S/C7H14N2O2/c1-5(10)9-3-6-2-8-4-7(6)11/h6-8,11H,2-4H2,1H3,(H,9,10). The van der Waals surface area contributed by atoms with Crippen LogP contribution < -0.4 is 10.6 Å². The van der Waals surface area contributed by atoms with Crippen molar-refractivity contribution in [2.75, 3.05) is 19.6 Å². The lowest BCUT2D eigenvalue weighted by atomic mass is 10.1. The van der Waals surface area contributed by atoms with Crippen molar-refractivity contribution in [3.05, 3.63) is 0 Å². The van der Waals surface area contributed by atoms with Crippen LogP contribution in [0.3, 0.4) is 0 Å². The highest BCUT2D eigenvalue weighted by Gasteiger charge is 2.24. The molecule has 1 amide bonds. The summed E-state index contributed by atoms with van der Waals surface area (Å²) in [6, 6.07) is 0. The van der Waals surface area contributed by atoms with E-state index in [1.807, 2.05) is 0 Å². The summed E-state index contributed by atoms with van der Waals surface area (Å²) in [5.41, 5.74) is 0. The van der Waals surface area contributed by atoms with Gasteiger partial charge in [0.15, 0.2) is 0 Å². The number of carbonyl (C=O) groups is 1. The Balaban J connectivity index is 2.20. The molecule has 64 valence electrons. The highest BCUT2D eigenvalue weighted by Crippen LogP contribution is 2.06. The molecule has 4 nitrogen and oxygen atoms in total. The molecule has 4 heteroatoms. The van der Waals surface area contributed by atoms with E-state index in [2.05, 4.69) is 10.6 Å². The predicted molar refractivity (Wildman–Crippen MR) is 41.1 cm³/mol. The zero-order chi connectivity index (χ0) is 8.27. The van der Waals surface area contributed by atoms with Gasteiger partial charge in [0.05, 0.1) is 6.10 Å². The van der Waals surface area contributed by atoms with Gasteiger partial charge in [0.1, 0.15) is 0 Å². The summed E-state index contributed by atoms with van der Waals surface area (Å²) in [5.74, 6) is 0.142. The first kappa shape index (κ1) is 8.49. The largest absolute Gasteiger partial charge is 0.391 e. The number of aliphatic hydroxyl groups is 1. The van der Waals surface area contributed by atoms with E-state index >= 15 is 0 Å². The maximum atomic E-state index is 10.5. The van der Waals surface area contributed by atoms with Gasteiger partial charge in [-0.2, -0.15) is 0 Å². The molecule has 2 unspecified atom stereocenters. The molecule has 0 radical (unpaired) electrons. The van der Waals surface area contributed by atoms with Crippen molar-refractivity contribution in [2.24, 2.45) is 5.92 Å². The lowest BCUT2D eigenvalue weighted by Crippen LogP contribution is -2.32. The SMILES string of the molecule is CC(=O)NCC1CNCC1O. The first-order chi connectivity index (χ1) is 5.20. The minimum atomic E-state index is -0.304. The molecule has 0 saturated carbocycles. The third-order valence-electron chi connectivity index (χ3n) is 1.92. The summed E-state index contributed by atoms with van der Waals surface area (Å²) < 4.78 is 0. The summed E-state index contributed by atoms with van der Waals surface area (Å²) in [6.45, 7) is 3.49. The van der Waals surface area contributed by atoms with Crippen molar-refractivity contribution in [3.8, 4) is 0 Å². The molecule has 2 atom stereocenters. The maximum Gasteiger partial charge on any atom is 0.216 e. The van der Waals surface area contributed by atoms with Gasteiger partial charge in [0.25, 0.3) is 0 Å². The Morgan fingerprint density at radius 2 is 2.45 bits per heavy atom. The minimum Gasteiger partial charge on any atom is -0.391 e. The molecule has 0 aromatic heterocycles. The van der Waals surface area contributed by atoms with Crippen LogP contribution in [0, 0.1) is 5.92 Å². The van der Waals surface area contributed by atoms with Crippen molar-refractivity contribution in [2.45, 2.75) is 13.0 Å². The molecular formula is C7H14N2O2. The second kappa shape index (κ2) is 3.69. The van der Waals surface area contributed by atoms with E-state index in [9.17, 15) is 9.90 Å². The number of amides is 1. The number of hydrogen-bond donors (Lipinski definition) is 3. The van der Waals surface area contributed by atoms with Crippen LogP contribution in [0.5, 0.6) is 0 Å². The number of carbonyl (C=O) groups excluding carboxylic acids is 1. The van der Waals surface area contributed by atoms with Crippen molar-refractivity contribution < 1.29 is 9.90 Å². The van der Waals surface area contributed by atoms with Crippen LogP contribution in [0.2, 0.25) is 0 Å². The van der Waals surface area contributed by atoms with E-state index in [4.69, 9.17) is 0 Å². The van der Waals surface area contributed by atoms with Crippen LogP contribution in [0.15, 0.2) is 0 Å². The predicted octanol–water partition coefficient (Wildman–Crippen LogP) is -1.30. The van der Waals surface area contributed by atoms with Crippen molar-refractivity contribution in [1.82, 2.24) is 10.6 Å². The zero-order valence-corrected chi connectivity index (χ0v) is 6.63. The molecule has 1 fully saturated rings. The fraction of sp³-hybridized carbons (Fsp3) is 0.857. The average molecular weight is 158 g/mol. The first-order valence-corrected chi connectivity index (χ1v) is 3.83. The average Bonchev–Trinajstić information content (AvgIpc) is 2.31. The number of rotatable bonds is 2. The molecular weight excluding hydrogens is 144 g/mol. The molecule has 0 aromatic rings. The molecule has 1 aliphatic rings. The van der Waals surface area contributed by atoms with Gasteiger partial charge >= 0.3 is 0 Å². The Labute approximate surface area is 66.0 Å². The fourth-order valence-electron chi connectivity index (χ4n) is 1.20. The van der Waals surface area contributed by atoms with Crippen LogP contribution in [-0.2, 0) is 4.79 Å². The van der Waals surface area contributed by atoms with Crippen LogP contribution in [-0.4, -0.2) is 36.8 Å². The third kappa shape index (κ3) is 2.48. The van der Waals surface area contributed by atoms with Gasteiger partial charge in [0, 0.05) is 32.5 Å². The molecule has 1 heterocycles. The molecule has 3 N–H and O–H groups in total. The highest BCUT2D eigenvalue weighted by atomic mass is 16.3. The van der Waals surface area contributed by atoms with E-state index in [1.54, 1.807) is 0 Å². The molecule has 0 aromatic carbocycles. The summed E-state index contributed by atoms with van der Waals surface area (Å²) in [7, 11) is 0. The summed E-state index contributed by atoms with van der Waals surface area (Å²) in [4.78, 5) is 10.5. The second-order valence-corrected chi connectivity index (χ2v) is 2.92. The van der Waals surface area contributed by atoms with Crippen LogP contribution in [0.4, 0.5) is 0 Å². The van der Waals surface area contributed by atoms with E-state index in [0.29, 0.717) is 13.1 Å². The normalized spacial score (nSPS) is 30.4. The van der Waals surface area contributed by atoms with E-state index in [-0.39, 0.29) is 17.9 Å². The number of nitrogens with one attached hydrogen (secondary N) is 2. The molecule has 0 spiro atoms. The van der Waals surface area contributed by atoms with Crippen LogP contribution in [0.25, 0.3) is 0 Å². The number of β-amino-alcohol motifs (C(OH)–C–C–N with tert-alkyl or cyclic N) is 1. The van der Waals surface area contributed by atoms with Gasteiger partial charge in [-0.05, 0) is 0 Å². The lowest BCUT2D eigenvalue weighted by molar-refractivity contribution is -0.119. The molecule has 0 aliphatic carbocycles. The van der Waals surface area contributed by atoms with Gasteiger partial charge < -0.3 is 15.7 Å². The Bertz CT molecular complexity index is 149. The summed E-state index contributed by atoms with van der Waals surface area (Å²) >= 11 is 0. The van der Waals surface area contributed by atoms with Gasteiger partial charge in [0.2, 0.25) is 5.91 Å². The van der Waals surface area contributed by atoms with Gasteiger partial charge in [-0.25, -0.2) is 0 Å². The van der Waals surface area contributed by atoms with Crippen LogP contribution >= 0.6 is 0 Å². The number of aliphatic hydroxyl groups excluding tert-OH is 1. The molecule has 1 rings (SSSR count). The van der Waals surface area contributed by atoms with Gasteiger partial charge in [-0.1, -0.05) is 0 Å². The quantitative estimate of drug-likeness (QED) is 0.468. The monoisotopic (exact) mass is 158 g/mol. The Hall–Kier alpha value is -0.610. The Morgan fingerprint density at radius 3 is 2.91 bits per heavy atom. The van der Waals surface area contributed by atoms with Crippen molar-refractivity contribution in [3.63, 3.8) is 0 Å². The number of hydrogen-bond acceptors (Lipinski definition) is 3. The molecule has 1 aliphatic heterocycles. The summed E-state index contributed by atoms with van der Waals surface area (Å²) in [6.07, 6.45) is -0.304. The van der Waals surface area contributed by atoms with Crippen molar-refractivity contribution in [1.29, 1.82) is 0 Å². The topological polar surface area (TPSA) is 61.4 Å². The third-order valence-corrected chi connectivity index (χ3v) is 1.92. The molecule has 11 heavy (non-hydrogen) atoms. The van der Waals surface area contributed by atoms with Crippen LogP contribution in [0.1, 0.15) is 6.92 Å². The Kier molecular flexibility index (Phi) is 2.84. The zero-order valence-electron chi connectivity index (χ0n) is 6.63. The van der Waals surface area contributed by atoms with E-state index in [1.165, 1.54) is 6.92 Å². The summed E-state index contributed by atoms with van der Waals surface area (Å²) in [5, 5.41) is 15.0. The minimum absolute atomic E-state index is 0.0379. The Morgan fingerprint density at radius 1 is 1.73 bits per heavy atom. The molecule has 0 bridgehead atoms. The van der Waals surface area contributed by atoms with Gasteiger partial charge in [-0.3, -0.25) is 4.79 Å². The van der Waals surface area contributed by atoms with Crippen molar-refractivity contribution >= 4 is 5.91 Å². The maximum absolute atomic E-state index is 10.5.